The van der Waals surface area contributed by atoms with Gasteiger partial charge in [0.15, 0.2) is 0 Å². The van der Waals surface area contributed by atoms with E-state index < -0.39 is 0 Å². The molecule has 0 bridgehead atoms. The van der Waals surface area contributed by atoms with Gasteiger partial charge in [0.25, 0.3) is 0 Å². The normalized spacial score (nSPS) is 13.8. The van der Waals surface area contributed by atoms with Gasteiger partial charge in [-0.05, 0) is 34.6 Å². The zero-order valence-electron chi connectivity index (χ0n) is 12.5. The highest BCUT2D eigenvalue weighted by molar-refractivity contribution is 6.20. The van der Waals surface area contributed by atoms with E-state index >= 15 is 0 Å². The number of nitrogens with zero attached hydrogens (tertiary/aromatic N) is 1. The molecular formula is C14H27ClNO2+. The molecule has 0 saturated carbocycles. The number of ether oxygens (including phenoxy) is 1. The number of alkyl halides is 1. The standard InChI is InChI=1S/C14H27ClNO2/c1-10(2)14(17)18-9-13(15)8-16(7,11(3)4)12(5)6/h11-13H,1,8-9H2,2-7H3/q+1. The van der Waals surface area contributed by atoms with Gasteiger partial charge in [-0.3, -0.25) is 0 Å². The molecule has 0 aromatic carbocycles. The van der Waals surface area contributed by atoms with Crippen LogP contribution in [-0.4, -0.2) is 48.1 Å². The van der Waals surface area contributed by atoms with Crippen LogP contribution in [0.5, 0.6) is 0 Å². The summed E-state index contributed by atoms with van der Waals surface area (Å²) < 4.78 is 5.95. The van der Waals surface area contributed by atoms with E-state index in [1.807, 2.05) is 0 Å². The third-order valence-corrected chi connectivity index (χ3v) is 3.96. The van der Waals surface area contributed by atoms with Gasteiger partial charge in [0.2, 0.25) is 0 Å². The first-order valence-corrected chi connectivity index (χ1v) is 6.86. The predicted octanol–water partition coefficient (Wildman–Crippen LogP) is 2.98. The number of hydrogen-bond acceptors (Lipinski definition) is 2. The SMILES string of the molecule is C=C(C)C(=O)OCC(Cl)C[N+](C)(C(C)C)C(C)C. The van der Waals surface area contributed by atoms with E-state index in [0.29, 0.717) is 17.7 Å². The van der Waals surface area contributed by atoms with Gasteiger partial charge in [-0.25, -0.2) is 4.79 Å². The highest BCUT2D eigenvalue weighted by Gasteiger charge is 2.32. The third kappa shape index (κ3) is 4.99. The van der Waals surface area contributed by atoms with E-state index in [-0.39, 0.29) is 18.0 Å². The first kappa shape index (κ1) is 17.5. The number of carbonyl (C=O) groups is 1. The molecule has 0 spiro atoms. The fraction of sp³-hybridized carbons (Fsp3) is 0.786. The molecule has 3 nitrogen and oxygen atoms in total. The van der Waals surface area contributed by atoms with Crippen molar-refractivity contribution < 1.29 is 14.0 Å². The first-order chi connectivity index (χ1) is 8.11. The van der Waals surface area contributed by atoms with Crippen LogP contribution >= 0.6 is 11.6 Å². The van der Waals surface area contributed by atoms with Gasteiger partial charge in [0.1, 0.15) is 12.0 Å². The molecule has 0 N–H and O–H groups in total. The average Bonchev–Trinajstić information content (AvgIpc) is 2.24. The van der Waals surface area contributed by atoms with Crippen LogP contribution in [0.1, 0.15) is 34.6 Å². The maximum absolute atomic E-state index is 11.3. The van der Waals surface area contributed by atoms with Crippen LogP contribution in [0, 0.1) is 0 Å². The van der Waals surface area contributed by atoms with Crippen molar-refractivity contribution in [1.29, 1.82) is 0 Å². The minimum Gasteiger partial charge on any atom is -0.461 e. The van der Waals surface area contributed by atoms with Gasteiger partial charge in [-0.1, -0.05) is 6.58 Å². The van der Waals surface area contributed by atoms with Gasteiger partial charge in [0.05, 0.1) is 25.7 Å². The van der Waals surface area contributed by atoms with E-state index in [1.54, 1.807) is 6.92 Å². The molecular weight excluding hydrogens is 250 g/mol. The third-order valence-electron chi connectivity index (χ3n) is 3.69. The summed E-state index contributed by atoms with van der Waals surface area (Å²) in [6.07, 6.45) is 0. The number of carbonyl (C=O) groups excluding carboxylic acids is 1. The molecule has 18 heavy (non-hydrogen) atoms. The summed E-state index contributed by atoms with van der Waals surface area (Å²) in [6.45, 7) is 14.9. The number of esters is 1. The van der Waals surface area contributed by atoms with Crippen LogP contribution in [0.15, 0.2) is 12.2 Å². The molecule has 1 atom stereocenters. The van der Waals surface area contributed by atoms with E-state index in [9.17, 15) is 4.79 Å². The fourth-order valence-electron chi connectivity index (χ4n) is 1.79. The number of hydrogen-bond donors (Lipinski definition) is 0. The Morgan fingerprint density at radius 1 is 1.28 bits per heavy atom. The van der Waals surface area contributed by atoms with Crippen molar-refractivity contribution >= 4 is 17.6 Å². The van der Waals surface area contributed by atoms with Crippen LogP contribution in [0.4, 0.5) is 0 Å². The number of quaternary nitrogens is 1. The molecule has 0 aliphatic heterocycles. The molecule has 0 aromatic heterocycles. The number of rotatable bonds is 7. The Morgan fingerprint density at radius 3 is 2.06 bits per heavy atom. The van der Waals surface area contributed by atoms with Crippen molar-refractivity contribution in [2.45, 2.75) is 52.1 Å². The molecule has 0 aromatic rings. The summed E-state index contributed by atoms with van der Waals surface area (Å²) in [5.41, 5.74) is 0.406. The average molecular weight is 277 g/mol. The highest BCUT2D eigenvalue weighted by atomic mass is 35.5. The molecule has 0 aliphatic rings. The quantitative estimate of drug-likeness (QED) is 0.309. The Hall–Kier alpha value is -0.540. The Labute approximate surface area is 116 Å². The van der Waals surface area contributed by atoms with Crippen LogP contribution in [0.2, 0.25) is 0 Å². The van der Waals surface area contributed by atoms with Crippen LogP contribution in [0.3, 0.4) is 0 Å². The van der Waals surface area contributed by atoms with Crippen molar-refractivity contribution in [3.63, 3.8) is 0 Å². The van der Waals surface area contributed by atoms with Gasteiger partial charge in [-0.2, -0.15) is 0 Å². The summed E-state index contributed by atoms with van der Waals surface area (Å²) in [5, 5.41) is -0.178. The molecule has 106 valence electrons. The van der Waals surface area contributed by atoms with Gasteiger partial charge < -0.3 is 9.22 Å². The Bertz CT molecular complexity index is 292. The molecule has 0 fully saturated rings. The first-order valence-electron chi connectivity index (χ1n) is 6.42. The fourth-order valence-corrected chi connectivity index (χ4v) is 2.15. The van der Waals surface area contributed by atoms with E-state index in [1.165, 1.54) is 0 Å². The Morgan fingerprint density at radius 2 is 1.72 bits per heavy atom. The van der Waals surface area contributed by atoms with Gasteiger partial charge in [-0.15, -0.1) is 11.6 Å². The minimum atomic E-state index is -0.371. The van der Waals surface area contributed by atoms with Crippen molar-refractivity contribution in [3.05, 3.63) is 12.2 Å². The summed E-state index contributed by atoms with van der Waals surface area (Å²) >= 11 is 6.28. The van der Waals surface area contributed by atoms with Crippen molar-refractivity contribution in [3.8, 4) is 0 Å². The Balaban J connectivity index is 4.41. The van der Waals surface area contributed by atoms with Crippen molar-refractivity contribution in [1.82, 2.24) is 0 Å². The maximum atomic E-state index is 11.3. The summed E-state index contributed by atoms with van der Waals surface area (Å²) in [7, 11) is 2.19. The highest BCUT2D eigenvalue weighted by Crippen LogP contribution is 2.19. The van der Waals surface area contributed by atoms with Gasteiger partial charge >= 0.3 is 5.97 Å². The minimum absolute atomic E-state index is 0.178. The molecule has 0 saturated heterocycles. The number of halogens is 1. The molecule has 4 heteroatoms. The van der Waals surface area contributed by atoms with Gasteiger partial charge in [0, 0.05) is 5.57 Å². The monoisotopic (exact) mass is 276 g/mol. The smallest absolute Gasteiger partial charge is 0.333 e. The lowest BCUT2D eigenvalue weighted by Gasteiger charge is -2.43. The molecule has 1 unspecified atom stereocenters. The van der Waals surface area contributed by atoms with E-state index in [0.717, 1.165) is 11.0 Å². The van der Waals surface area contributed by atoms with Crippen LogP contribution in [-0.2, 0) is 9.53 Å². The summed E-state index contributed by atoms with van der Waals surface area (Å²) in [5.74, 6) is -0.371. The molecule has 0 radical (unpaired) electrons. The zero-order chi connectivity index (χ0) is 14.5. The lowest BCUT2D eigenvalue weighted by Crippen LogP contribution is -2.57. The summed E-state index contributed by atoms with van der Waals surface area (Å²) in [6, 6.07) is 0.950. The predicted molar refractivity (Wildman–Crippen MR) is 76.7 cm³/mol. The second-order valence-electron chi connectivity index (χ2n) is 5.69. The maximum Gasteiger partial charge on any atom is 0.333 e. The molecule has 0 amide bonds. The second kappa shape index (κ2) is 7.15. The van der Waals surface area contributed by atoms with E-state index in [4.69, 9.17) is 16.3 Å². The van der Waals surface area contributed by atoms with Crippen LogP contribution < -0.4 is 0 Å². The lowest BCUT2D eigenvalue weighted by molar-refractivity contribution is -0.948. The van der Waals surface area contributed by atoms with Crippen LogP contribution in [0.25, 0.3) is 0 Å². The second-order valence-corrected chi connectivity index (χ2v) is 6.31. The van der Waals surface area contributed by atoms with Crippen molar-refractivity contribution in [2.75, 3.05) is 20.2 Å². The summed E-state index contributed by atoms with van der Waals surface area (Å²) in [4.78, 5) is 11.3. The topological polar surface area (TPSA) is 26.3 Å². The molecule has 0 heterocycles. The molecule has 0 aliphatic carbocycles. The molecule has 0 rings (SSSR count). The van der Waals surface area contributed by atoms with E-state index in [2.05, 4.69) is 41.3 Å². The zero-order valence-corrected chi connectivity index (χ0v) is 13.3. The largest absolute Gasteiger partial charge is 0.461 e. The lowest BCUT2D eigenvalue weighted by atomic mass is 10.1. The Kier molecular flexibility index (Phi) is 6.93. The van der Waals surface area contributed by atoms with Crippen molar-refractivity contribution in [2.24, 2.45) is 0 Å².